The third-order valence-corrected chi connectivity index (χ3v) is 4.17. The second-order valence-electron chi connectivity index (χ2n) is 6.51. The van der Waals surface area contributed by atoms with Crippen LogP contribution in [0.3, 0.4) is 0 Å². The Morgan fingerprint density at radius 1 is 1.19 bits per heavy atom. The van der Waals surface area contributed by atoms with E-state index >= 15 is 0 Å². The van der Waals surface area contributed by atoms with Crippen LogP contribution in [0.5, 0.6) is 11.5 Å². The fourth-order valence-corrected chi connectivity index (χ4v) is 2.79. The topological polar surface area (TPSA) is 117 Å². The lowest BCUT2D eigenvalue weighted by molar-refractivity contribution is -0.384. The minimum atomic E-state index is -0.682. The zero-order valence-electron chi connectivity index (χ0n) is 17.0. The zero-order chi connectivity index (χ0) is 22.4. The SMILES string of the molecule is CCCC(=O)Oc1ccc(C=C2N=C(c3cccc([N+](=O)[O-])c3)OC2=O)cc1OCC. The first kappa shape index (κ1) is 21.7. The minimum Gasteiger partial charge on any atom is -0.490 e. The molecule has 0 saturated carbocycles. The molecular formula is C22H20N2O7. The maximum atomic E-state index is 12.2. The fourth-order valence-electron chi connectivity index (χ4n) is 2.79. The van der Waals surface area contributed by atoms with Gasteiger partial charge in [0.05, 0.1) is 11.5 Å². The Labute approximate surface area is 178 Å². The molecule has 0 atom stereocenters. The van der Waals surface area contributed by atoms with E-state index in [0.29, 0.717) is 36.3 Å². The Hall–Kier alpha value is -4.01. The molecule has 2 aromatic rings. The van der Waals surface area contributed by atoms with Gasteiger partial charge >= 0.3 is 11.9 Å². The standard InChI is InChI=1S/C22H20N2O7/c1-3-6-20(25)30-18-10-9-14(12-19(18)29-4-2)11-17-22(26)31-21(23-17)15-7-5-8-16(13-15)24(27)28/h5,7-13H,3-4,6H2,1-2H3. The van der Waals surface area contributed by atoms with Crippen molar-refractivity contribution in [2.45, 2.75) is 26.7 Å². The highest BCUT2D eigenvalue weighted by molar-refractivity contribution is 6.13. The van der Waals surface area contributed by atoms with Crippen LogP contribution in [0.15, 0.2) is 53.2 Å². The van der Waals surface area contributed by atoms with Crippen LogP contribution in [0.4, 0.5) is 5.69 Å². The molecule has 31 heavy (non-hydrogen) atoms. The van der Waals surface area contributed by atoms with Gasteiger partial charge in [-0.15, -0.1) is 0 Å². The van der Waals surface area contributed by atoms with E-state index in [1.54, 1.807) is 31.2 Å². The Kier molecular flexibility index (Phi) is 6.76. The Morgan fingerprint density at radius 3 is 2.71 bits per heavy atom. The third kappa shape index (κ3) is 5.33. The summed E-state index contributed by atoms with van der Waals surface area (Å²) in [6.45, 7) is 4.03. The minimum absolute atomic E-state index is 0.0184. The summed E-state index contributed by atoms with van der Waals surface area (Å²) in [7, 11) is 0. The van der Waals surface area contributed by atoms with Gasteiger partial charge in [0.1, 0.15) is 0 Å². The molecule has 2 aromatic carbocycles. The number of non-ortho nitro benzene ring substituents is 1. The zero-order valence-corrected chi connectivity index (χ0v) is 17.0. The summed E-state index contributed by atoms with van der Waals surface area (Å²) in [5.41, 5.74) is 0.789. The number of cyclic esters (lactones) is 1. The molecule has 0 radical (unpaired) electrons. The van der Waals surface area contributed by atoms with E-state index in [0.717, 1.165) is 0 Å². The first-order valence-electron chi connectivity index (χ1n) is 9.66. The quantitative estimate of drug-likeness (QED) is 0.206. The van der Waals surface area contributed by atoms with Gasteiger partial charge in [-0.2, -0.15) is 0 Å². The lowest BCUT2D eigenvalue weighted by Crippen LogP contribution is -2.08. The summed E-state index contributed by atoms with van der Waals surface area (Å²) in [5.74, 6) is -0.416. The first-order chi connectivity index (χ1) is 14.9. The number of nitrogens with zero attached hydrogens (tertiary/aromatic N) is 2. The van der Waals surface area contributed by atoms with Crippen LogP contribution in [-0.4, -0.2) is 29.4 Å². The van der Waals surface area contributed by atoms with Crippen LogP contribution >= 0.6 is 0 Å². The maximum absolute atomic E-state index is 12.2. The second-order valence-corrected chi connectivity index (χ2v) is 6.51. The van der Waals surface area contributed by atoms with Crippen molar-refractivity contribution in [3.05, 3.63) is 69.4 Å². The van der Waals surface area contributed by atoms with Crippen molar-refractivity contribution in [2.75, 3.05) is 6.61 Å². The Morgan fingerprint density at radius 2 is 2.00 bits per heavy atom. The molecule has 0 fully saturated rings. The molecule has 0 aromatic heterocycles. The number of nitro groups is 1. The van der Waals surface area contributed by atoms with E-state index in [4.69, 9.17) is 14.2 Å². The molecule has 1 aliphatic rings. The number of hydrogen-bond acceptors (Lipinski definition) is 8. The predicted octanol–water partition coefficient (Wildman–Crippen LogP) is 4.04. The van der Waals surface area contributed by atoms with Crippen molar-refractivity contribution >= 4 is 29.6 Å². The van der Waals surface area contributed by atoms with Crippen LogP contribution in [0.25, 0.3) is 6.08 Å². The van der Waals surface area contributed by atoms with Gasteiger partial charge in [-0.25, -0.2) is 9.79 Å². The number of rotatable bonds is 8. The van der Waals surface area contributed by atoms with Gasteiger partial charge in [0, 0.05) is 24.1 Å². The molecule has 3 rings (SSSR count). The number of carbonyl (C=O) groups excluding carboxylic acids is 2. The van der Waals surface area contributed by atoms with E-state index in [9.17, 15) is 19.7 Å². The van der Waals surface area contributed by atoms with Crippen LogP contribution in [0.1, 0.15) is 37.8 Å². The molecule has 1 aliphatic heterocycles. The lowest BCUT2D eigenvalue weighted by Gasteiger charge is -2.11. The summed E-state index contributed by atoms with van der Waals surface area (Å²) >= 11 is 0. The number of carbonyl (C=O) groups is 2. The summed E-state index contributed by atoms with van der Waals surface area (Å²) in [5, 5.41) is 11.0. The normalized spacial score (nSPS) is 14.2. The number of benzene rings is 2. The highest BCUT2D eigenvalue weighted by atomic mass is 16.6. The largest absolute Gasteiger partial charge is 0.490 e. The van der Waals surface area contributed by atoms with E-state index in [1.807, 2.05) is 6.92 Å². The molecule has 9 heteroatoms. The molecule has 0 N–H and O–H groups in total. The lowest BCUT2D eigenvalue weighted by atomic mass is 10.1. The van der Waals surface area contributed by atoms with Gasteiger partial charge in [0.25, 0.3) is 5.69 Å². The number of hydrogen-bond donors (Lipinski definition) is 0. The Balaban J connectivity index is 1.89. The van der Waals surface area contributed by atoms with Crippen molar-refractivity contribution < 1.29 is 28.7 Å². The number of esters is 2. The highest BCUT2D eigenvalue weighted by Crippen LogP contribution is 2.31. The molecule has 0 amide bonds. The van der Waals surface area contributed by atoms with Gasteiger partial charge in [-0.1, -0.05) is 19.1 Å². The van der Waals surface area contributed by atoms with E-state index in [2.05, 4.69) is 4.99 Å². The average Bonchev–Trinajstić information content (AvgIpc) is 3.11. The monoisotopic (exact) mass is 424 g/mol. The van der Waals surface area contributed by atoms with E-state index < -0.39 is 10.9 Å². The van der Waals surface area contributed by atoms with Crippen LogP contribution in [0.2, 0.25) is 0 Å². The second kappa shape index (κ2) is 9.66. The van der Waals surface area contributed by atoms with Crippen LogP contribution in [0, 0.1) is 10.1 Å². The average molecular weight is 424 g/mol. The Bertz CT molecular complexity index is 1090. The van der Waals surface area contributed by atoms with Gasteiger partial charge in [-0.3, -0.25) is 14.9 Å². The predicted molar refractivity (Wildman–Crippen MR) is 112 cm³/mol. The first-order valence-corrected chi connectivity index (χ1v) is 9.66. The number of nitro benzene ring substituents is 1. The van der Waals surface area contributed by atoms with Crippen LogP contribution < -0.4 is 9.47 Å². The summed E-state index contributed by atoms with van der Waals surface area (Å²) in [6, 6.07) is 10.5. The molecule has 0 bridgehead atoms. The molecule has 0 spiro atoms. The summed E-state index contributed by atoms with van der Waals surface area (Å²) in [4.78, 5) is 38.6. The molecule has 160 valence electrons. The van der Waals surface area contributed by atoms with Crippen molar-refractivity contribution in [3.8, 4) is 11.5 Å². The molecule has 0 aliphatic carbocycles. The molecular weight excluding hydrogens is 404 g/mol. The van der Waals surface area contributed by atoms with Crippen LogP contribution in [-0.2, 0) is 14.3 Å². The van der Waals surface area contributed by atoms with Gasteiger partial charge in [0.15, 0.2) is 17.2 Å². The molecule has 9 nitrogen and oxygen atoms in total. The van der Waals surface area contributed by atoms with Crippen molar-refractivity contribution in [2.24, 2.45) is 4.99 Å². The molecule has 1 heterocycles. The summed E-state index contributed by atoms with van der Waals surface area (Å²) in [6.07, 6.45) is 2.45. The van der Waals surface area contributed by atoms with Gasteiger partial charge in [-0.05, 0) is 43.2 Å². The van der Waals surface area contributed by atoms with E-state index in [-0.39, 0.29) is 29.0 Å². The van der Waals surface area contributed by atoms with Crippen molar-refractivity contribution in [3.63, 3.8) is 0 Å². The third-order valence-electron chi connectivity index (χ3n) is 4.17. The summed E-state index contributed by atoms with van der Waals surface area (Å²) < 4.78 is 16.1. The molecule has 0 unspecified atom stereocenters. The van der Waals surface area contributed by atoms with Gasteiger partial charge < -0.3 is 14.2 Å². The van der Waals surface area contributed by atoms with Gasteiger partial charge in [0.2, 0.25) is 5.90 Å². The molecule has 0 saturated heterocycles. The fraction of sp³-hybridized carbons (Fsp3) is 0.227. The number of ether oxygens (including phenoxy) is 3. The highest BCUT2D eigenvalue weighted by Gasteiger charge is 2.25. The maximum Gasteiger partial charge on any atom is 0.363 e. The number of aliphatic imine (C=N–C) groups is 1. The smallest absolute Gasteiger partial charge is 0.363 e. The van der Waals surface area contributed by atoms with Crippen molar-refractivity contribution in [1.29, 1.82) is 0 Å². The van der Waals surface area contributed by atoms with Crippen molar-refractivity contribution in [1.82, 2.24) is 0 Å². The van der Waals surface area contributed by atoms with E-state index in [1.165, 1.54) is 24.3 Å².